The van der Waals surface area contributed by atoms with Gasteiger partial charge in [-0.2, -0.15) is 20.1 Å². The predicted molar refractivity (Wildman–Crippen MR) is 171 cm³/mol. The highest BCUT2D eigenvalue weighted by Crippen LogP contribution is 2.36. The van der Waals surface area contributed by atoms with Gasteiger partial charge in [-0.05, 0) is 87.4 Å². The van der Waals surface area contributed by atoms with E-state index >= 15 is 0 Å². The van der Waals surface area contributed by atoms with Crippen LogP contribution in [-0.4, -0.2) is 64.1 Å². The van der Waals surface area contributed by atoms with Gasteiger partial charge in [0, 0.05) is 37.4 Å². The molecule has 0 bridgehead atoms. The fraction of sp³-hybridized carbons (Fsp3) is 0.406. The number of aryl methyl sites for hydroxylation is 1. The molecule has 2 amide bonds. The van der Waals surface area contributed by atoms with Gasteiger partial charge in [0.2, 0.25) is 17.8 Å². The molecule has 44 heavy (non-hydrogen) atoms. The molecule has 2 fully saturated rings. The van der Waals surface area contributed by atoms with E-state index in [0.29, 0.717) is 11.8 Å². The minimum Gasteiger partial charge on any atom is -0.497 e. The van der Waals surface area contributed by atoms with Gasteiger partial charge in [0.05, 0.1) is 24.5 Å². The molecule has 3 N–H and O–H groups in total. The Labute approximate surface area is 256 Å². The summed E-state index contributed by atoms with van der Waals surface area (Å²) in [5.74, 6) is 3.45. The van der Waals surface area contributed by atoms with Crippen LogP contribution in [0.4, 0.5) is 34.1 Å². The zero-order valence-corrected chi connectivity index (χ0v) is 25.2. The van der Waals surface area contributed by atoms with Gasteiger partial charge in [0.25, 0.3) is 0 Å². The summed E-state index contributed by atoms with van der Waals surface area (Å²) in [6, 6.07) is 15.0. The summed E-state index contributed by atoms with van der Waals surface area (Å²) in [6.07, 6.45) is 7.12. The molecule has 228 valence electrons. The Hall–Kier alpha value is -4.87. The molecular formula is C32H38N10O2. The molecule has 7 rings (SSSR count). The molecule has 12 nitrogen and oxygen atoms in total. The molecule has 0 radical (unpaired) electrons. The van der Waals surface area contributed by atoms with E-state index in [1.54, 1.807) is 11.8 Å². The van der Waals surface area contributed by atoms with E-state index in [-0.39, 0.29) is 12.1 Å². The predicted octanol–water partition coefficient (Wildman–Crippen LogP) is 5.32. The first-order valence-electron chi connectivity index (χ1n) is 15.5. The van der Waals surface area contributed by atoms with E-state index in [9.17, 15) is 4.79 Å². The average molecular weight is 595 g/mol. The van der Waals surface area contributed by atoms with Gasteiger partial charge in [-0.1, -0.05) is 12.1 Å². The standard InChI is InChI=1S/C32H38N10O2/c1-21-26-27(22-9-15-25(44-2)16-10-22)34-32(43)35-28(26)42(39-21)24-13-11-23(12-14-24)33-29-36-30(40-17-5-3-6-18-40)38-31(37-29)41-19-7-4-8-20-41/h9-16,27H,3-8,17-20H2,1-2H3,(H2,34,35,43)(H,33,36,37,38). The second-order valence-electron chi connectivity index (χ2n) is 11.6. The summed E-state index contributed by atoms with van der Waals surface area (Å²) in [5, 5.41) is 14.3. The van der Waals surface area contributed by atoms with E-state index < -0.39 is 0 Å². The number of carbonyl (C=O) groups excluding carboxylic acids is 1. The molecule has 3 aliphatic rings. The van der Waals surface area contributed by atoms with Gasteiger partial charge in [-0.3, -0.25) is 5.32 Å². The first-order chi connectivity index (χ1) is 21.6. The zero-order valence-electron chi connectivity index (χ0n) is 25.2. The second kappa shape index (κ2) is 12.0. The number of aromatic nitrogens is 5. The van der Waals surface area contributed by atoms with Gasteiger partial charge >= 0.3 is 6.03 Å². The van der Waals surface area contributed by atoms with E-state index in [1.165, 1.54) is 12.8 Å². The van der Waals surface area contributed by atoms with Crippen LogP contribution < -0.4 is 30.5 Å². The number of fused-ring (bicyclic) bond motifs is 1. The first kappa shape index (κ1) is 27.9. The maximum Gasteiger partial charge on any atom is 0.321 e. The Balaban J connectivity index is 1.16. The van der Waals surface area contributed by atoms with Crippen LogP contribution in [0, 0.1) is 6.92 Å². The molecule has 2 aromatic heterocycles. The SMILES string of the molecule is COc1ccc(C2NC(=O)Nc3c2c(C)nn3-c2ccc(Nc3nc(N4CCCCC4)nc(N4CCCCC4)n3)cc2)cc1. The number of hydrogen-bond acceptors (Lipinski definition) is 9. The maximum atomic E-state index is 12.7. The summed E-state index contributed by atoms with van der Waals surface area (Å²) in [7, 11) is 1.64. The minimum atomic E-state index is -0.327. The average Bonchev–Trinajstić information content (AvgIpc) is 3.41. The number of piperidine rings is 2. The van der Waals surface area contributed by atoms with Crippen LogP contribution >= 0.6 is 0 Å². The highest BCUT2D eigenvalue weighted by Gasteiger charge is 2.32. The van der Waals surface area contributed by atoms with Crippen LogP contribution in [-0.2, 0) is 0 Å². The van der Waals surface area contributed by atoms with Crippen molar-refractivity contribution in [2.75, 3.05) is 53.7 Å². The number of methoxy groups -OCH3 is 1. The Bertz CT molecular complexity index is 1590. The Morgan fingerprint density at radius 1 is 0.818 bits per heavy atom. The zero-order chi connectivity index (χ0) is 30.0. The number of ether oxygens (including phenoxy) is 1. The second-order valence-corrected chi connectivity index (χ2v) is 11.6. The molecule has 3 aliphatic heterocycles. The van der Waals surface area contributed by atoms with E-state index in [1.807, 2.05) is 55.5 Å². The van der Waals surface area contributed by atoms with Crippen LogP contribution in [0.1, 0.15) is 61.4 Å². The lowest BCUT2D eigenvalue weighted by Gasteiger charge is -2.30. The van der Waals surface area contributed by atoms with Crippen molar-refractivity contribution in [2.45, 2.75) is 51.5 Å². The smallest absolute Gasteiger partial charge is 0.321 e. The minimum absolute atomic E-state index is 0.276. The van der Waals surface area contributed by atoms with Crippen LogP contribution in [0.25, 0.3) is 5.69 Å². The Morgan fingerprint density at radius 2 is 1.43 bits per heavy atom. The van der Waals surface area contributed by atoms with Crippen LogP contribution in [0.3, 0.4) is 0 Å². The maximum absolute atomic E-state index is 12.7. The normalized spacial score (nSPS) is 18.3. The number of nitrogens with one attached hydrogen (secondary N) is 3. The quantitative estimate of drug-likeness (QED) is 0.261. The number of urea groups is 1. The van der Waals surface area contributed by atoms with Gasteiger partial charge in [0.1, 0.15) is 11.6 Å². The van der Waals surface area contributed by atoms with Crippen molar-refractivity contribution < 1.29 is 9.53 Å². The van der Waals surface area contributed by atoms with E-state index in [2.05, 4.69) is 25.8 Å². The number of hydrogen-bond donors (Lipinski definition) is 3. The van der Waals surface area contributed by atoms with Gasteiger partial charge in [-0.15, -0.1) is 0 Å². The topological polar surface area (TPSA) is 125 Å². The largest absolute Gasteiger partial charge is 0.497 e. The lowest BCUT2D eigenvalue weighted by molar-refractivity contribution is 0.249. The Kier molecular flexibility index (Phi) is 7.63. The number of anilines is 5. The Morgan fingerprint density at radius 3 is 2.02 bits per heavy atom. The highest BCUT2D eigenvalue weighted by atomic mass is 16.5. The molecule has 2 aromatic carbocycles. The molecule has 1 unspecified atom stereocenters. The lowest BCUT2D eigenvalue weighted by atomic mass is 9.97. The molecule has 0 spiro atoms. The van der Waals surface area contributed by atoms with Crippen molar-refractivity contribution in [3.8, 4) is 11.4 Å². The van der Waals surface area contributed by atoms with Crippen LogP contribution in [0.2, 0.25) is 0 Å². The summed E-state index contributed by atoms with van der Waals surface area (Å²) < 4.78 is 7.10. The van der Waals surface area contributed by atoms with Gasteiger partial charge < -0.3 is 25.2 Å². The van der Waals surface area contributed by atoms with Crippen LogP contribution in [0.15, 0.2) is 48.5 Å². The molecule has 12 heteroatoms. The fourth-order valence-electron chi connectivity index (χ4n) is 6.28. The molecule has 1 atom stereocenters. The number of nitrogens with zero attached hydrogens (tertiary/aromatic N) is 7. The molecule has 0 aliphatic carbocycles. The van der Waals surface area contributed by atoms with Crippen molar-refractivity contribution in [2.24, 2.45) is 0 Å². The summed E-state index contributed by atoms with van der Waals surface area (Å²) in [6.45, 7) is 5.84. The van der Waals surface area contributed by atoms with Crippen molar-refractivity contribution in [1.82, 2.24) is 30.0 Å². The summed E-state index contributed by atoms with van der Waals surface area (Å²) >= 11 is 0. The first-order valence-corrected chi connectivity index (χ1v) is 15.5. The highest BCUT2D eigenvalue weighted by molar-refractivity contribution is 5.93. The van der Waals surface area contributed by atoms with Crippen molar-refractivity contribution in [3.63, 3.8) is 0 Å². The molecule has 4 aromatic rings. The van der Waals surface area contributed by atoms with E-state index in [4.69, 9.17) is 24.8 Å². The molecular weight excluding hydrogens is 556 g/mol. The third kappa shape index (κ3) is 5.59. The monoisotopic (exact) mass is 594 g/mol. The third-order valence-electron chi connectivity index (χ3n) is 8.61. The molecule has 5 heterocycles. The molecule has 0 saturated carbocycles. The number of carbonyl (C=O) groups is 1. The number of rotatable bonds is 7. The molecule has 2 saturated heterocycles. The van der Waals surface area contributed by atoms with Crippen molar-refractivity contribution in [3.05, 3.63) is 65.4 Å². The summed E-state index contributed by atoms with van der Waals surface area (Å²) in [5.41, 5.74) is 4.39. The van der Waals surface area contributed by atoms with Crippen molar-refractivity contribution in [1.29, 1.82) is 0 Å². The van der Waals surface area contributed by atoms with E-state index in [0.717, 1.165) is 97.7 Å². The summed E-state index contributed by atoms with van der Waals surface area (Å²) in [4.78, 5) is 31.9. The van der Waals surface area contributed by atoms with Crippen LogP contribution in [0.5, 0.6) is 5.75 Å². The lowest BCUT2D eigenvalue weighted by Crippen LogP contribution is -2.38. The third-order valence-corrected chi connectivity index (χ3v) is 8.61. The van der Waals surface area contributed by atoms with Gasteiger partial charge in [-0.25, -0.2) is 9.48 Å². The number of benzene rings is 2. The number of amides is 2. The van der Waals surface area contributed by atoms with Gasteiger partial charge in [0.15, 0.2) is 0 Å². The van der Waals surface area contributed by atoms with Crippen molar-refractivity contribution >= 4 is 35.4 Å². The fourth-order valence-corrected chi connectivity index (χ4v) is 6.28.